The second-order valence-electron chi connectivity index (χ2n) is 6.19. The van der Waals surface area contributed by atoms with E-state index >= 15 is 0 Å². The van der Waals surface area contributed by atoms with Crippen LogP contribution >= 0.6 is 0 Å². The normalized spacial score (nSPS) is 11.1. The molecule has 0 saturated heterocycles. The molecule has 0 fully saturated rings. The Kier molecular flexibility index (Phi) is 5.37. The predicted molar refractivity (Wildman–Crippen MR) is 108 cm³/mol. The maximum Gasteiger partial charge on any atom is 0.259 e. The largest absolute Gasteiger partial charge is 0.495 e. The van der Waals surface area contributed by atoms with Crippen LogP contribution in [0, 0.1) is 6.92 Å². The van der Waals surface area contributed by atoms with Gasteiger partial charge in [-0.2, -0.15) is 0 Å². The van der Waals surface area contributed by atoms with E-state index in [4.69, 9.17) is 10.5 Å². The summed E-state index contributed by atoms with van der Waals surface area (Å²) in [6.45, 7) is 1.86. The zero-order valence-electron chi connectivity index (χ0n) is 15.5. The lowest BCUT2D eigenvalue weighted by Crippen LogP contribution is -2.19. The molecule has 3 aromatic rings. The van der Waals surface area contributed by atoms with E-state index in [1.165, 1.54) is 37.4 Å². The topological polar surface area (TPSA) is 98.5 Å². The summed E-state index contributed by atoms with van der Waals surface area (Å²) in [5.41, 5.74) is 7.30. The molecule has 0 spiro atoms. The van der Waals surface area contributed by atoms with Crippen LogP contribution in [0.15, 0.2) is 76.5 Å². The highest BCUT2D eigenvalue weighted by Crippen LogP contribution is 2.30. The van der Waals surface area contributed by atoms with Crippen molar-refractivity contribution in [2.45, 2.75) is 16.7 Å². The third kappa shape index (κ3) is 3.70. The van der Waals surface area contributed by atoms with Crippen LogP contribution in [0.25, 0.3) is 0 Å². The molecule has 0 aromatic heterocycles. The van der Waals surface area contributed by atoms with Gasteiger partial charge in [0.25, 0.3) is 5.91 Å². The van der Waals surface area contributed by atoms with Gasteiger partial charge < -0.3 is 15.8 Å². The lowest BCUT2D eigenvalue weighted by molar-refractivity contribution is 0.102. The molecule has 0 aliphatic carbocycles. The van der Waals surface area contributed by atoms with E-state index in [9.17, 15) is 13.2 Å². The van der Waals surface area contributed by atoms with Gasteiger partial charge in [-0.15, -0.1) is 0 Å². The van der Waals surface area contributed by atoms with Gasteiger partial charge in [-0.1, -0.05) is 35.9 Å². The quantitative estimate of drug-likeness (QED) is 0.641. The molecule has 0 radical (unpaired) electrons. The summed E-state index contributed by atoms with van der Waals surface area (Å²) in [4.78, 5) is 12.9. The molecule has 3 rings (SSSR count). The molecule has 0 saturated carbocycles. The summed E-state index contributed by atoms with van der Waals surface area (Å²) in [6.07, 6.45) is 0. The molecule has 6 nitrogen and oxygen atoms in total. The third-order valence-electron chi connectivity index (χ3n) is 4.26. The number of amides is 1. The number of nitrogen functional groups attached to an aromatic ring is 1. The van der Waals surface area contributed by atoms with Gasteiger partial charge in [0.15, 0.2) is 0 Å². The predicted octanol–water partition coefficient (Wildman–Crippen LogP) is 3.67. The number of para-hydroxylation sites is 2. The molecule has 144 valence electrons. The minimum atomic E-state index is -3.93. The number of anilines is 2. The Balaban J connectivity index is 2.07. The average Bonchev–Trinajstić information content (AvgIpc) is 2.68. The summed E-state index contributed by atoms with van der Waals surface area (Å²) in [5.74, 6) is -0.179. The Morgan fingerprint density at radius 3 is 2.32 bits per heavy atom. The molecule has 1 amide bonds. The van der Waals surface area contributed by atoms with Gasteiger partial charge in [-0.25, -0.2) is 8.42 Å². The van der Waals surface area contributed by atoms with Gasteiger partial charge >= 0.3 is 0 Å². The van der Waals surface area contributed by atoms with Gasteiger partial charge in [0, 0.05) is 5.69 Å². The van der Waals surface area contributed by atoms with Crippen LogP contribution in [-0.4, -0.2) is 21.4 Å². The highest BCUT2D eigenvalue weighted by Gasteiger charge is 2.26. The summed E-state index contributed by atoms with van der Waals surface area (Å²) in [5, 5.41) is 2.68. The number of carbonyl (C=O) groups is 1. The maximum absolute atomic E-state index is 13.1. The molecule has 28 heavy (non-hydrogen) atoms. The lowest BCUT2D eigenvalue weighted by Gasteiger charge is -2.15. The Morgan fingerprint density at radius 2 is 1.64 bits per heavy atom. The minimum Gasteiger partial charge on any atom is -0.495 e. The van der Waals surface area contributed by atoms with Crippen molar-refractivity contribution in [3.05, 3.63) is 77.9 Å². The molecule has 0 unspecified atom stereocenters. The van der Waals surface area contributed by atoms with Crippen LogP contribution in [0.4, 0.5) is 11.4 Å². The van der Waals surface area contributed by atoms with Crippen LogP contribution in [0.5, 0.6) is 5.75 Å². The molecule has 0 heterocycles. The number of hydrogen-bond acceptors (Lipinski definition) is 5. The smallest absolute Gasteiger partial charge is 0.259 e. The fourth-order valence-electron chi connectivity index (χ4n) is 2.79. The zero-order chi connectivity index (χ0) is 20.3. The monoisotopic (exact) mass is 396 g/mol. The van der Waals surface area contributed by atoms with Crippen LogP contribution in [0.1, 0.15) is 15.9 Å². The number of hydrogen-bond donors (Lipinski definition) is 2. The number of sulfone groups is 1. The van der Waals surface area contributed by atoms with Crippen molar-refractivity contribution in [2.75, 3.05) is 18.2 Å². The maximum atomic E-state index is 13.1. The SMILES string of the molecule is COc1ccccc1NC(=O)c1c(N)cccc1S(=O)(=O)c1ccc(C)cc1. The van der Waals surface area contributed by atoms with E-state index in [0.29, 0.717) is 11.4 Å². The van der Waals surface area contributed by atoms with Crippen molar-refractivity contribution in [2.24, 2.45) is 0 Å². The Labute approximate surface area is 163 Å². The molecule has 0 aliphatic heterocycles. The number of ether oxygens (including phenoxy) is 1. The van der Waals surface area contributed by atoms with Crippen molar-refractivity contribution >= 4 is 27.1 Å². The molecule has 0 bridgehead atoms. The number of methoxy groups -OCH3 is 1. The van der Waals surface area contributed by atoms with Gasteiger partial charge in [0.2, 0.25) is 9.84 Å². The molecule has 0 atom stereocenters. The molecule has 3 N–H and O–H groups in total. The minimum absolute atomic E-state index is 0.0700. The number of nitrogens with two attached hydrogens (primary N) is 1. The van der Waals surface area contributed by atoms with Crippen LogP contribution in [-0.2, 0) is 9.84 Å². The van der Waals surface area contributed by atoms with E-state index in [0.717, 1.165) is 5.56 Å². The van der Waals surface area contributed by atoms with Crippen molar-refractivity contribution < 1.29 is 17.9 Å². The first-order chi connectivity index (χ1) is 13.3. The molecule has 0 aliphatic rings. The van der Waals surface area contributed by atoms with E-state index in [2.05, 4.69) is 5.32 Å². The summed E-state index contributed by atoms with van der Waals surface area (Å²) in [6, 6.07) is 17.6. The second kappa shape index (κ2) is 7.74. The summed E-state index contributed by atoms with van der Waals surface area (Å²) in [7, 11) is -2.45. The van der Waals surface area contributed by atoms with E-state index in [1.54, 1.807) is 36.4 Å². The van der Waals surface area contributed by atoms with Crippen molar-refractivity contribution in [3.8, 4) is 5.75 Å². The van der Waals surface area contributed by atoms with Gasteiger partial charge in [-0.05, 0) is 43.3 Å². The highest BCUT2D eigenvalue weighted by atomic mass is 32.2. The first kappa shape index (κ1) is 19.4. The fraction of sp³-hybridized carbons (Fsp3) is 0.0952. The molecular weight excluding hydrogens is 376 g/mol. The van der Waals surface area contributed by atoms with Crippen molar-refractivity contribution in [1.29, 1.82) is 0 Å². The summed E-state index contributed by atoms with van der Waals surface area (Å²) >= 11 is 0. The molecule has 7 heteroatoms. The molecular formula is C21H20N2O4S. The molecule has 3 aromatic carbocycles. The number of nitrogens with one attached hydrogen (secondary N) is 1. The first-order valence-corrected chi connectivity index (χ1v) is 9.97. The van der Waals surface area contributed by atoms with Crippen LogP contribution in [0.2, 0.25) is 0 Å². The van der Waals surface area contributed by atoms with Crippen LogP contribution < -0.4 is 15.8 Å². The Hall–Kier alpha value is -3.32. The Bertz CT molecular complexity index is 1120. The fourth-order valence-corrected chi connectivity index (χ4v) is 4.28. The van der Waals surface area contributed by atoms with E-state index in [1.807, 2.05) is 6.92 Å². The van der Waals surface area contributed by atoms with Gasteiger partial charge in [0.05, 0.1) is 28.2 Å². The second-order valence-corrected chi connectivity index (χ2v) is 8.11. The standard InChI is InChI=1S/C21H20N2O4S/c1-14-10-12-15(13-11-14)28(25,26)19-9-5-6-16(22)20(19)21(24)23-17-7-3-4-8-18(17)27-2/h3-13H,22H2,1-2H3,(H,23,24). The third-order valence-corrected chi connectivity index (χ3v) is 6.07. The zero-order valence-corrected chi connectivity index (χ0v) is 16.3. The van der Waals surface area contributed by atoms with Crippen LogP contribution in [0.3, 0.4) is 0 Å². The first-order valence-electron chi connectivity index (χ1n) is 8.49. The van der Waals surface area contributed by atoms with E-state index in [-0.39, 0.29) is 21.0 Å². The number of carbonyl (C=O) groups excluding carboxylic acids is 1. The number of rotatable bonds is 5. The highest BCUT2D eigenvalue weighted by molar-refractivity contribution is 7.91. The Morgan fingerprint density at radius 1 is 0.964 bits per heavy atom. The lowest BCUT2D eigenvalue weighted by atomic mass is 10.1. The summed E-state index contributed by atoms with van der Waals surface area (Å²) < 4.78 is 31.5. The van der Waals surface area contributed by atoms with Gasteiger partial charge in [0.1, 0.15) is 5.75 Å². The van der Waals surface area contributed by atoms with Gasteiger partial charge in [-0.3, -0.25) is 4.79 Å². The van der Waals surface area contributed by atoms with E-state index < -0.39 is 15.7 Å². The van der Waals surface area contributed by atoms with Crippen molar-refractivity contribution in [1.82, 2.24) is 0 Å². The number of benzene rings is 3. The average molecular weight is 396 g/mol. The van der Waals surface area contributed by atoms with Crippen molar-refractivity contribution in [3.63, 3.8) is 0 Å². The number of aryl methyl sites for hydroxylation is 1.